The van der Waals surface area contributed by atoms with E-state index in [1.54, 1.807) is 20.8 Å². The summed E-state index contributed by atoms with van der Waals surface area (Å²) in [6.45, 7) is 4.92. The lowest BCUT2D eigenvalue weighted by Crippen LogP contribution is -2.42. The fourth-order valence-corrected chi connectivity index (χ4v) is 2.11. The summed E-state index contributed by atoms with van der Waals surface area (Å²) >= 11 is 0. The van der Waals surface area contributed by atoms with Crippen LogP contribution in [-0.2, 0) is 14.8 Å². The molecule has 0 radical (unpaired) electrons. The normalized spacial score (nSPS) is 11.6. The monoisotopic (exact) mass is 275 g/mol. The van der Waals surface area contributed by atoms with E-state index in [1.807, 2.05) is 0 Å². The minimum Gasteiger partial charge on any atom is -0.360 e. The van der Waals surface area contributed by atoms with Crippen LogP contribution in [0.2, 0.25) is 0 Å². The Bertz CT molecular complexity index is 521. The molecule has 0 fully saturated rings. The summed E-state index contributed by atoms with van der Waals surface area (Å²) in [7, 11) is -3.59. The Morgan fingerprint density at radius 3 is 2.56 bits per heavy atom. The zero-order valence-electron chi connectivity index (χ0n) is 10.8. The molecule has 0 unspecified atom stereocenters. The number of aryl methyl sites for hydroxylation is 1. The lowest BCUT2D eigenvalue weighted by Gasteiger charge is -2.19. The Hall–Kier alpha value is -1.57. The lowest BCUT2D eigenvalue weighted by atomic mass is 10.4. The predicted molar refractivity (Wildman–Crippen MR) is 66.7 cm³/mol. The maximum atomic E-state index is 11.6. The fraction of sp³-hybridized carbons (Fsp3) is 0.600. The first-order chi connectivity index (χ1) is 8.20. The van der Waals surface area contributed by atoms with Crippen molar-refractivity contribution in [3.05, 3.63) is 11.8 Å². The third-order valence-electron chi connectivity index (χ3n) is 2.01. The van der Waals surface area contributed by atoms with Crippen LogP contribution in [0.15, 0.2) is 10.6 Å². The number of nitrogens with one attached hydrogen (secondary N) is 1. The molecule has 0 aromatic carbocycles. The van der Waals surface area contributed by atoms with Crippen molar-refractivity contribution < 1.29 is 17.7 Å². The summed E-state index contributed by atoms with van der Waals surface area (Å²) in [5.41, 5.74) is 0. The molecule has 0 aliphatic heterocycles. The number of hydrogen-bond donors (Lipinski definition) is 1. The summed E-state index contributed by atoms with van der Waals surface area (Å²) in [5, 5.41) is 6.22. The van der Waals surface area contributed by atoms with Gasteiger partial charge in [-0.15, -0.1) is 0 Å². The Balaban J connectivity index is 2.91. The Kier molecular flexibility index (Phi) is 4.33. The van der Waals surface area contributed by atoms with Gasteiger partial charge in [-0.05, 0) is 20.8 Å². The number of carbonyl (C=O) groups is 1. The van der Waals surface area contributed by atoms with Crippen LogP contribution in [0.5, 0.6) is 0 Å². The zero-order chi connectivity index (χ0) is 13.9. The van der Waals surface area contributed by atoms with Gasteiger partial charge in [0.1, 0.15) is 12.3 Å². The highest BCUT2D eigenvalue weighted by Crippen LogP contribution is 2.16. The lowest BCUT2D eigenvalue weighted by molar-refractivity contribution is -0.120. The van der Waals surface area contributed by atoms with Gasteiger partial charge in [0.05, 0.1) is 6.26 Å². The van der Waals surface area contributed by atoms with Crippen molar-refractivity contribution in [3.8, 4) is 0 Å². The van der Waals surface area contributed by atoms with Gasteiger partial charge in [-0.1, -0.05) is 5.16 Å². The molecule has 0 saturated carbocycles. The van der Waals surface area contributed by atoms with Gasteiger partial charge in [0.15, 0.2) is 5.82 Å². The molecule has 0 atom stereocenters. The molecule has 0 saturated heterocycles. The highest BCUT2D eigenvalue weighted by Gasteiger charge is 2.23. The van der Waals surface area contributed by atoms with Crippen molar-refractivity contribution in [2.75, 3.05) is 17.1 Å². The molecule has 8 heteroatoms. The number of nitrogens with zero attached hydrogens (tertiary/aromatic N) is 2. The van der Waals surface area contributed by atoms with E-state index in [0.29, 0.717) is 5.76 Å². The van der Waals surface area contributed by atoms with Crippen LogP contribution in [0.1, 0.15) is 19.6 Å². The maximum absolute atomic E-state index is 11.6. The fourth-order valence-electron chi connectivity index (χ4n) is 1.34. The Labute approximate surface area is 106 Å². The van der Waals surface area contributed by atoms with Gasteiger partial charge < -0.3 is 9.84 Å². The van der Waals surface area contributed by atoms with E-state index < -0.39 is 15.9 Å². The standard InChI is InChI=1S/C10H17N3O4S/c1-7(2)11-10(14)6-13(18(4,15)16)9-5-8(3)17-12-9/h5,7H,6H2,1-4H3,(H,11,14). The Morgan fingerprint density at radius 1 is 1.56 bits per heavy atom. The number of hydrogen-bond acceptors (Lipinski definition) is 5. The molecule has 1 rings (SSSR count). The molecular formula is C10H17N3O4S. The molecule has 0 aliphatic carbocycles. The molecule has 1 heterocycles. The van der Waals surface area contributed by atoms with E-state index in [0.717, 1.165) is 10.6 Å². The summed E-state index contributed by atoms with van der Waals surface area (Å²) < 4.78 is 29.0. The molecule has 1 aromatic heterocycles. The minimum absolute atomic E-state index is 0.0574. The summed E-state index contributed by atoms with van der Waals surface area (Å²) in [6, 6.07) is 1.40. The first-order valence-electron chi connectivity index (χ1n) is 5.40. The van der Waals surface area contributed by atoms with Crippen molar-refractivity contribution in [2.45, 2.75) is 26.8 Å². The van der Waals surface area contributed by atoms with Crippen molar-refractivity contribution in [2.24, 2.45) is 0 Å². The van der Waals surface area contributed by atoms with Gasteiger partial charge in [0.25, 0.3) is 0 Å². The van der Waals surface area contributed by atoms with Crippen molar-refractivity contribution in [3.63, 3.8) is 0 Å². The Morgan fingerprint density at radius 2 is 2.17 bits per heavy atom. The molecule has 102 valence electrons. The number of carbonyl (C=O) groups excluding carboxylic acids is 1. The summed E-state index contributed by atoms with van der Waals surface area (Å²) in [4.78, 5) is 11.6. The van der Waals surface area contributed by atoms with Gasteiger partial charge in [-0.3, -0.25) is 4.79 Å². The van der Waals surface area contributed by atoms with Crippen molar-refractivity contribution >= 4 is 21.7 Å². The van der Waals surface area contributed by atoms with Gasteiger partial charge in [-0.2, -0.15) is 0 Å². The number of rotatable bonds is 5. The molecule has 7 nitrogen and oxygen atoms in total. The van der Waals surface area contributed by atoms with Crippen LogP contribution in [0.3, 0.4) is 0 Å². The van der Waals surface area contributed by atoms with Crippen molar-refractivity contribution in [1.29, 1.82) is 0 Å². The van der Waals surface area contributed by atoms with Gasteiger partial charge in [0.2, 0.25) is 15.9 Å². The smallest absolute Gasteiger partial charge is 0.241 e. The van der Waals surface area contributed by atoms with E-state index in [9.17, 15) is 13.2 Å². The molecule has 1 N–H and O–H groups in total. The number of amides is 1. The molecular weight excluding hydrogens is 258 g/mol. The van der Waals surface area contributed by atoms with Crippen LogP contribution < -0.4 is 9.62 Å². The highest BCUT2D eigenvalue weighted by molar-refractivity contribution is 7.92. The van der Waals surface area contributed by atoms with Crippen LogP contribution in [0.25, 0.3) is 0 Å². The largest absolute Gasteiger partial charge is 0.360 e. The second-order valence-corrected chi connectivity index (χ2v) is 6.19. The SMILES string of the molecule is Cc1cc(N(CC(=O)NC(C)C)S(C)(=O)=O)no1. The average Bonchev–Trinajstić information content (AvgIpc) is 2.58. The third kappa shape index (κ3) is 4.02. The number of anilines is 1. The predicted octanol–water partition coefficient (Wildman–Crippen LogP) is 0.274. The maximum Gasteiger partial charge on any atom is 0.241 e. The quantitative estimate of drug-likeness (QED) is 0.833. The summed E-state index contributed by atoms with van der Waals surface area (Å²) in [5.74, 6) is 0.188. The highest BCUT2D eigenvalue weighted by atomic mass is 32.2. The molecule has 0 bridgehead atoms. The van der Waals surface area contributed by atoms with Crippen molar-refractivity contribution in [1.82, 2.24) is 10.5 Å². The zero-order valence-corrected chi connectivity index (χ0v) is 11.6. The van der Waals surface area contributed by atoms with Crippen LogP contribution in [-0.4, -0.2) is 38.3 Å². The topological polar surface area (TPSA) is 92.5 Å². The van der Waals surface area contributed by atoms with Crippen LogP contribution >= 0.6 is 0 Å². The van der Waals surface area contributed by atoms with Crippen LogP contribution in [0, 0.1) is 6.92 Å². The molecule has 1 aromatic rings. The van der Waals surface area contributed by atoms with Gasteiger partial charge >= 0.3 is 0 Å². The van der Waals surface area contributed by atoms with E-state index >= 15 is 0 Å². The van der Waals surface area contributed by atoms with Gasteiger partial charge in [0, 0.05) is 12.1 Å². The third-order valence-corrected chi connectivity index (χ3v) is 3.13. The molecule has 18 heavy (non-hydrogen) atoms. The van der Waals surface area contributed by atoms with E-state index in [1.165, 1.54) is 6.07 Å². The average molecular weight is 275 g/mol. The number of aromatic nitrogens is 1. The first-order valence-corrected chi connectivity index (χ1v) is 7.25. The van der Waals surface area contributed by atoms with E-state index in [-0.39, 0.29) is 18.4 Å². The molecule has 0 aliphatic rings. The van der Waals surface area contributed by atoms with E-state index in [4.69, 9.17) is 4.52 Å². The number of sulfonamides is 1. The van der Waals surface area contributed by atoms with Crippen LogP contribution in [0.4, 0.5) is 5.82 Å². The summed E-state index contributed by atoms with van der Waals surface area (Å²) in [6.07, 6.45) is 1.01. The minimum atomic E-state index is -3.59. The first kappa shape index (κ1) is 14.5. The van der Waals surface area contributed by atoms with Gasteiger partial charge in [-0.25, -0.2) is 12.7 Å². The second-order valence-electron chi connectivity index (χ2n) is 4.29. The molecule has 1 amide bonds. The van der Waals surface area contributed by atoms with E-state index in [2.05, 4.69) is 10.5 Å². The molecule has 0 spiro atoms. The second kappa shape index (κ2) is 5.38.